The molecular formula is C21H27N3O5S. The topological polar surface area (TPSA) is 88.2 Å². The van der Waals surface area contributed by atoms with Crippen molar-refractivity contribution in [3.63, 3.8) is 0 Å². The molecule has 0 aliphatic carbocycles. The van der Waals surface area contributed by atoms with Crippen molar-refractivity contribution in [2.24, 2.45) is 0 Å². The van der Waals surface area contributed by atoms with Gasteiger partial charge in [0.25, 0.3) is 5.91 Å². The standard InChI is InChI=1S/C21H27N3O5S/c1-15-5-6-16(13-20(15)30(26,27)24-11-9-23(2)10-12-24)21(25)22-17-7-8-18(28-3)19(14-17)29-4/h5-8,13-14H,9-12H2,1-4H3,(H,22,25). The van der Waals surface area contributed by atoms with E-state index < -0.39 is 15.9 Å². The lowest BCUT2D eigenvalue weighted by Gasteiger charge is -2.32. The van der Waals surface area contributed by atoms with Crippen LogP contribution >= 0.6 is 0 Å². The minimum Gasteiger partial charge on any atom is -0.493 e. The van der Waals surface area contributed by atoms with Gasteiger partial charge in [-0.3, -0.25) is 4.79 Å². The molecule has 1 amide bonds. The van der Waals surface area contributed by atoms with Gasteiger partial charge in [0.2, 0.25) is 10.0 Å². The third-order valence-corrected chi connectivity index (χ3v) is 7.21. The van der Waals surface area contributed by atoms with Crippen molar-refractivity contribution in [1.29, 1.82) is 0 Å². The minimum absolute atomic E-state index is 0.159. The maximum absolute atomic E-state index is 13.1. The van der Waals surface area contributed by atoms with E-state index in [1.54, 1.807) is 37.3 Å². The summed E-state index contributed by atoms with van der Waals surface area (Å²) >= 11 is 0. The van der Waals surface area contributed by atoms with E-state index >= 15 is 0 Å². The number of benzene rings is 2. The number of carbonyl (C=O) groups excluding carboxylic acids is 1. The highest BCUT2D eigenvalue weighted by Gasteiger charge is 2.29. The summed E-state index contributed by atoms with van der Waals surface area (Å²) in [5.74, 6) is 0.626. The molecule has 1 N–H and O–H groups in total. The summed E-state index contributed by atoms with van der Waals surface area (Å²) in [7, 11) is 1.34. The number of carbonyl (C=O) groups is 1. The van der Waals surface area contributed by atoms with Crippen LogP contribution in [0.25, 0.3) is 0 Å². The van der Waals surface area contributed by atoms with E-state index in [1.165, 1.54) is 24.6 Å². The van der Waals surface area contributed by atoms with Crippen molar-refractivity contribution in [2.75, 3.05) is 52.8 Å². The van der Waals surface area contributed by atoms with Gasteiger partial charge < -0.3 is 19.7 Å². The molecule has 1 aliphatic heterocycles. The Balaban J connectivity index is 1.85. The smallest absolute Gasteiger partial charge is 0.255 e. The van der Waals surface area contributed by atoms with E-state index in [0.717, 1.165) is 0 Å². The van der Waals surface area contributed by atoms with Crippen molar-refractivity contribution in [3.8, 4) is 11.5 Å². The number of aryl methyl sites for hydroxylation is 1. The number of nitrogens with one attached hydrogen (secondary N) is 1. The summed E-state index contributed by atoms with van der Waals surface area (Å²) in [6, 6.07) is 9.75. The zero-order chi connectivity index (χ0) is 21.9. The van der Waals surface area contributed by atoms with E-state index in [0.29, 0.717) is 48.9 Å². The van der Waals surface area contributed by atoms with Crippen LogP contribution in [0.5, 0.6) is 11.5 Å². The molecule has 162 valence electrons. The molecule has 3 rings (SSSR count). The third kappa shape index (κ3) is 4.58. The summed E-state index contributed by atoms with van der Waals surface area (Å²) < 4.78 is 38.2. The van der Waals surface area contributed by atoms with Crippen molar-refractivity contribution < 1.29 is 22.7 Å². The van der Waals surface area contributed by atoms with E-state index in [-0.39, 0.29) is 10.5 Å². The van der Waals surface area contributed by atoms with Gasteiger partial charge in [0.05, 0.1) is 19.1 Å². The van der Waals surface area contributed by atoms with Gasteiger partial charge in [0, 0.05) is 43.5 Å². The third-order valence-electron chi connectivity index (χ3n) is 5.17. The van der Waals surface area contributed by atoms with Crippen LogP contribution in [0.4, 0.5) is 5.69 Å². The molecule has 30 heavy (non-hydrogen) atoms. The summed E-state index contributed by atoms with van der Waals surface area (Å²) in [6.45, 7) is 3.95. The Morgan fingerprint density at radius 3 is 2.27 bits per heavy atom. The van der Waals surface area contributed by atoms with Crippen molar-refractivity contribution >= 4 is 21.6 Å². The van der Waals surface area contributed by atoms with Gasteiger partial charge >= 0.3 is 0 Å². The number of anilines is 1. The number of nitrogens with zero attached hydrogens (tertiary/aromatic N) is 2. The highest BCUT2D eigenvalue weighted by Crippen LogP contribution is 2.30. The Morgan fingerprint density at radius 2 is 1.63 bits per heavy atom. The molecule has 8 nitrogen and oxygen atoms in total. The fraction of sp³-hybridized carbons (Fsp3) is 0.381. The molecule has 0 atom stereocenters. The molecule has 0 aromatic heterocycles. The van der Waals surface area contributed by atoms with Gasteiger partial charge in [-0.15, -0.1) is 0 Å². The lowest BCUT2D eigenvalue weighted by molar-refractivity contribution is 0.102. The van der Waals surface area contributed by atoms with Crippen LogP contribution in [0.15, 0.2) is 41.3 Å². The molecule has 9 heteroatoms. The van der Waals surface area contributed by atoms with Crippen molar-refractivity contribution in [2.45, 2.75) is 11.8 Å². The Hall–Kier alpha value is -2.62. The van der Waals surface area contributed by atoms with Gasteiger partial charge in [-0.05, 0) is 43.8 Å². The van der Waals surface area contributed by atoms with E-state index in [4.69, 9.17) is 9.47 Å². The second kappa shape index (κ2) is 9.03. The highest BCUT2D eigenvalue weighted by atomic mass is 32.2. The van der Waals surface area contributed by atoms with Crippen LogP contribution in [0.2, 0.25) is 0 Å². The number of sulfonamides is 1. The molecular weight excluding hydrogens is 406 g/mol. The number of hydrogen-bond acceptors (Lipinski definition) is 6. The van der Waals surface area contributed by atoms with E-state index in [2.05, 4.69) is 10.2 Å². The maximum Gasteiger partial charge on any atom is 0.255 e. The molecule has 1 fully saturated rings. The highest BCUT2D eigenvalue weighted by molar-refractivity contribution is 7.89. The molecule has 1 aliphatic rings. The minimum atomic E-state index is -3.67. The molecule has 0 saturated carbocycles. The average molecular weight is 434 g/mol. The Bertz CT molecular complexity index is 1030. The fourth-order valence-electron chi connectivity index (χ4n) is 3.30. The van der Waals surface area contributed by atoms with Gasteiger partial charge in [-0.25, -0.2) is 8.42 Å². The van der Waals surface area contributed by atoms with Crippen LogP contribution in [0, 0.1) is 6.92 Å². The molecule has 2 aromatic carbocycles. The Labute approximate surface area is 177 Å². The van der Waals surface area contributed by atoms with Crippen LogP contribution in [0.1, 0.15) is 15.9 Å². The summed E-state index contributed by atoms with van der Waals surface area (Å²) in [5.41, 5.74) is 1.39. The van der Waals surface area contributed by atoms with Crippen LogP contribution in [-0.2, 0) is 10.0 Å². The average Bonchev–Trinajstić information content (AvgIpc) is 2.74. The second-order valence-corrected chi connectivity index (χ2v) is 9.12. The zero-order valence-electron chi connectivity index (χ0n) is 17.6. The Morgan fingerprint density at radius 1 is 0.967 bits per heavy atom. The molecule has 0 radical (unpaired) electrons. The largest absolute Gasteiger partial charge is 0.493 e. The van der Waals surface area contributed by atoms with E-state index in [1.807, 2.05) is 7.05 Å². The van der Waals surface area contributed by atoms with Crippen LogP contribution < -0.4 is 14.8 Å². The first-order valence-corrected chi connectivity index (χ1v) is 11.0. The second-order valence-electron chi connectivity index (χ2n) is 7.21. The first kappa shape index (κ1) is 22.1. The molecule has 2 aromatic rings. The van der Waals surface area contributed by atoms with Crippen LogP contribution in [0.3, 0.4) is 0 Å². The number of ether oxygens (including phenoxy) is 2. The first-order valence-electron chi connectivity index (χ1n) is 9.59. The first-order chi connectivity index (χ1) is 14.3. The number of rotatable bonds is 6. The fourth-order valence-corrected chi connectivity index (χ4v) is 4.98. The zero-order valence-corrected chi connectivity index (χ0v) is 18.5. The predicted molar refractivity (Wildman–Crippen MR) is 115 cm³/mol. The van der Waals surface area contributed by atoms with Crippen molar-refractivity contribution in [3.05, 3.63) is 47.5 Å². The Kier molecular flexibility index (Phi) is 6.64. The van der Waals surface area contributed by atoms with Gasteiger partial charge in [0.15, 0.2) is 11.5 Å². The van der Waals surface area contributed by atoms with Crippen LogP contribution in [-0.4, -0.2) is 71.0 Å². The lowest BCUT2D eigenvalue weighted by Crippen LogP contribution is -2.47. The summed E-state index contributed by atoms with van der Waals surface area (Å²) in [5, 5.41) is 2.78. The SMILES string of the molecule is COc1ccc(NC(=O)c2ccc(C)c(S(=O)(=O)N3CCN(C)CC3)c2)cc1OC. The number of amides is 1. The number of hydrogen-bond donors (Lipinski definition) is 1. The number of methoxy groups -OCH3 is 2. The number of likely N-dealkylation sites (N-methyl/N-ethyl adjacent to an activating group) is 1. The summed E-state index contributed by atoms with van der Waals surface area (Å²) in [4.78, 5) is 15.0. The lowest BCUT2D eigenvalue weighted by atomic mass is 10.1. The predicted octanol–water partition coefficient (Wildman–Crippen LogP) is 2.20. The maximum atomic E-state index is 13.1. The molecule has 1 saturated heterocycles. The quantitative estimate of drug-likeness (QED) is 0.752. The van der Waals surface area contributed by atoms with Gasteiger partial charge in [0.1, 0.15) is 0 Å². The van der Waals surface area contributed by atoms with E-state index in [9.17, 15) is 13.2 Å². The summed E-state index contributed by atoms with van der Waals surface area (Å²) in [6.07, 6.45) is 0. The monoisotopic (exact) mass is 433 g/mol. The van der Waals surface area contributed by atoms with Gasteiger partial charge in [-0.2, -0.15) is 4.31 Å². The normalized spacial score (nSPS) is 15.6. The van der Waals surface area contributed by atoms with Gasteiger partial charge in [-0.1, -0.05) is 6.07 Å². The molecule has 1 heterocycles. The molecule has 0 spiro atoms. The molecule has 0 bridgehead atoms. The number of piperazine rings is 1. The van der Waals surface area contributed by atoms with Crippen molar-refractivity contribution in [1.82, 2.24) is 9.21 Å². The molecule has 0 unspecified atom stereocenters.